The molecule has 2 aromatic carbocycles. The van der Waals surface area contributed by atoms with Crippen molar-refractivity contribution in [1.82, 2.24) is 5.32 Å². The molecule has 0 aliphatic carbocycles. The summed E-state index contributed by atoms with van der Waals surface area (Å²) in [5.41, 5.74) is -1.85. The van der Waals surface area contributed by atoms with Gasteiger partial charge in [-0.25, -0.2) is 9.29 Å². The number of carbonyl (C=O) groups excluding carboxylic acids is 3. The van der Waals surface area contributed by atoms with Crippen LogP contribution in [0.3, 0.4) is 0 Å². The number of hydrogen-bond donors (Lipinski definition) is 1. The van der Waals surface area contributed by atoms with Crippen molar-refractivity contribution >= 4 is 40.7 Å². The first-order valence-corrected chi connectivity index (χ1v) is 10.3. The van der Waals surface area contributed by atoms with Crippen molar-refractivity contribution in [3.8, 4) is 0 Å². The van der Waals surface area contributed by atoms with Gasteiger partial charge in [0.1, 0.15) is 16.4 Å². The Labute approximate surface area is 190 Å². The molecule has 3 aliphatic rings. The molecule has 1 N–H and O–H groups in total. The fraction of sp³-hybridized carbons (Fsp3) is 0.227. The monoisotopic (exact) mass is 471 g/mol. The number of ether oxygens (including phenoxy) is 1. The van der Waals surface area contributed by atoms with Crippen molar-refractivity contribution in [2.24, 2.45) is 11.8 Å². The number of imide groups is 1. The van der Waals surface area contributed by atoms with Gasteiger partial charge in [0.25, 0.3) is 11.6 Å². The van der Waals surface area contributed by atoms with E-state index in [0.29, 0.717) is 0 Å². The summed E-state index contributed by atoms with van der Waals surface area (Å²) in [4.78, 5) is 50.2. The second-order valence-electron chi connectivity index (χ2n) is 7.97. The van der Waals surface area contributed by atoms with Crippen LogP contribution in [0.15, 0.2) is 54.6 Å². The van der Waals surface area contributed by atoms with Crippen molar-refractivity contribution < 1.29 is 28.4 Å². The molecule has 2 saturated heterocycles. The summed E-state index contributed by atoms with van der Waals surface area (Å²) in [5.74, 6) is -4.30. The van der Waals surface area contributed by atoms with E-state index in [1.54, 1.807) is 12.2 Å². The topological polar surface area (TPSA) is 119 Å². The van der Waals surface area contributed by atoms with E-state index in [9.17, 15) is 28.9 Å². The number of nitrogens with one attached hydrogen (secondary N) is 1. The number of para-hydroxylation sites is 1. The minimum Gasteiger partial charge on any atom is -0.360 e. The molecule has 3 amide bonds. The van der Waals surface area contributed by atoms with Crippen LogP contribution < -0.4 is 10.2 Å². The summed E-state index contributed by atoms with van der Waals surface area (Å²) in [6.45, 7) is -0.166. The third-order valence-electron chi connectivity index (χ3n) is 6.18. The molecule has 9 nitrogen and oxygen atoms in total. The van der Waals surface area contributed by atoms with Crippen LogP contribution >= 0.6 is 11.6 Å². The maximum atomic E-state index is 14.3. The van der Waals surface area contributed by atoms with Gasteiger partial charge in [-0.05, 0) is 24.3 Å². The second kappa shape index (κ2) is 7.46. The molecule has 2 bridgehead atoms. The number of nitro groups is 1. The minimum absolute atomic E-state index is 0.00242. The number of amides is 3. The molecule has 0 radical (unpaired) electrons. The lowest BCUT2D eigenvalue weighted by molar-refractivity contribution is -0.384. The molecule has 11 heteroatoms. The van der Waals surface area contributed by atoms with Gasteiger partial charge in [0, 0.05) is 11.6 Å². The van der Waals surface area contributed by atoms with E-state index in [0.717, 1.165) is 17.0 Å². The molecule has 0 aromatic heterocycles. The fourth-order valence-electron chi connectivity index (χ4n) is 4.69. The highest BCUT2D eigenvalue weighted by molar-refractivity contribution is 6.32. The van der Waals surface area contributed by atoms with Crippen LogP contribution in [0.4, 0.5) is 15.8 Å². The van der Waals surface area contributed by atoms with Gasteiger partial charge in [0.15, 0.2) is 0 Å². The Morgan fingerprint density at radius 2 is 2.00 bits per heavy atom. The average molecular weight is 472 g/mol. The highest BCUT2D eigenvalue weighted by atomic mass is 35.5. The maximum absolute atomic E-state index is 14.3. The number of anilines is 1. The predicted molar refractivity (Wildman–Crippen MR) is 113 cm³/mol. The van der Waals surface area contributed by atoms with Gasteiger partial charge in [0.05, 0.1) is 35.1 Å². The van der Waals surface area contributed by atoms with Gasteiger partial charge < -0.3 is 10.1 Å². The fourth-order valence-corrected chi connectivity index (χ4v) is 4.88. The van der Waals surface area contributed by atoms with Crippen molar-refractivity contribution in [2.45, 2.75) is 11.7 Å². The highest BCUT2D eigenvalue weighted by Crippen LogP contribution is 2.52. The van der Waals surface area contributed by atoms with Crippen LogP contribution in [0.1, 0.15) is 10.4 Å². The number of nitro benzene ring substituents is 1. The largest absolute Gasteiger partial charge is 0.360 e. The summed E-state index contributed by atoms with van der Waals surface area (Å²) < 4.78 is 20.3. The zero-order valence-corrected chi connectivity index (χ0v) is 17.5. The molecular formula is C22H15ClFN3O6. The van der Waals surface area contributed by atoms with Gasteiger partial charge in [-0.1, -0.05) is 35.9 Å². The Morgan fingerprint density at radius 1 is 1.24 bits per heavy atom. The molecule has 2 fully saturated rings. The normalized spacial score (nSPS) is 27.2. The van der Waals surface area contributed by atoms with E-state index in [1.807, 2.05) is 0 Å². The quantitative estimate of drug-likeness (QED) is 0.310. The van der Waals surface area contributed by atoms with Gasteiger partial charge in [0.2, 0.25) is 11.8 Å². The van der Waals surface area contributed by atoms with E-state index in [1.165, 1.54) is 30.3 Å². The first-order chi connectivity index (χ1) is 15.7. The third-order valence-corrected chi connectivity index (χ3v) is 6.50. The Morgan fingerprint density at radius 3 is 2.73 bits per heavy atom. The van der Waals surface area contributed by atoms with Crippen molar-refractivity contribution in [3.63, 3.8) is 0 Å². The summed E-state index contributed by atoms with van der Waals surface area (Å²) in [7, 11) is 0. The molecule has 0 saturated carbocycles. The van der Waals surface area contributed by atoms with E-state index in [-0.39, 0.29) is 22.8 Å². The number of fused-ring (bicyclic) bond motifs is 5. The Bertz CT molecular complexity index is 1270. The summed E-state index contributed by atoms with van der Waals surface area (Å²) in [5, 5.41) is 13.6. The predicted octanol–water partition coefficient (Wildman–Crippen LogP) is 2.63. The Hall–Kier alpha value is -3.63. The van der Waals surface area contributed by atoms with E-state index >= 15 is 0 Å². The third kappa shape index (κ3) is 3.13. The number of nitrogens with zero attached hydrogens (tertiary/aromatic N) is 2. The van der Waals surface area contributed by atoms with Crippen LogP contribution in [0, 0.1) is 27.8 Å². The Balaban J connectivity index is 1.39. The lowest BCUT2D eigenvalue weighted by Crippen LogP contribution is -2.49. The number of rotatable bonds is 5. The van der Waals surface area contributed by atoms with Gasteiger partial charge in [-0.3, -0.25) is 24.5 Å². The molecule has 4 unspecified atom stereocenters. The molecule has 33 heavy (non-hydrogen) atoms. The van der Waals surface area contributed by atoms with E-state index in [2.05, 4.69) is 5.32 Å². The summed E-state index contributed by atoms with van der Waals surface area (Å²) in [6, 6.07) is 9.11. The zero-order valence-electron chi connectivity index (χ0n) is 16.7. The second-order valence-corrected chi connectivity index (χ2v) is 8.38. The van der Waals surface area contributed by atoms with Crippen LogP contribution in [-0.4, -0.2) is 40.9 Å². The zero-order chi connectivity index (χ0) is 23.5. The van der Waals surface area contributed by atoms with Crippen LogP contribution in [0.25, 0.3) is 0 Å². The highest BCUT2D eigenvalue weighted by Gasteiger charge is 2.68. The van der Waals surface area contributed by atoms with Crippen LogP contribution in [0.2, 0.25) is 5.02 Å². The average Bonchev–Trinajstić information content (AvgIpc) is 3.43. The summed E-state index contributed by atoms with van der Waals surface area (Å²) >= 11 is 5.79. The van der Waals surface area contributed by atoms with Crippen molar-refractivity contribution in [3.05, 3.63) is 81.1 Å². The lowest BCUT2D eigenvalue weighted by Gasteiger charge is -2.29. The van der Waals surface area contributed by atoms with E-state index < -0.39 is 57.7 Å². The number of carbonyl (C=O) groups is 3. The SMILES string of the molecule is O=C(NCC12C=CC(O1)C1C(=O)N(c3ccccc3F)C(=O)C12)c1ccc(Cl)c([N+](=O)[O-])c1. The van der Waals surface area contributed by atoms with Gasteiger partial charge >= 0.3 is 0 Å². The molecule has 5 rings (SSSR count). The number of benzene rings is 2. The minimum atomic E-state index is -1.30. The molecule has 3 heterocycles. The van der Waals surface area contributed by atoms with Crippen LogP contribution in [-0.2, 0) is 14.3 Å². The standard InChI is InChI=1S/C22H15ClFN3O6/c23-12-6-5-11(9-15(12)27(31)32)19(28)25-10-22-8-7-16(33-22)17-18(22)21(30)26(20(17)29)14-4-2-1-3-13(14)24/h1-9,16-18H,10H2,(H,25,28). The number of halogens is 2. The molecule has 3 aliphatic heterocycles. The van der Waals surface area contributed by atoms with Crippen molar-refractivity contribution in [1.29, 1.82) is 0 Å². The number of hydrogen-bond acceptors (Lipinski definition) is 6. The molecular weight excluding hydrogens is 457 g/mol. The molecule has 4 atom stereocenters. The first-order valence-electron chi connectivity index (χ1n) is 9.95. The lowest BCUT2D eigenvalue weighted by atomic mass is 9.77. The van der Waals surface area contributed by atoms with E-state index in [4.69, 9.17) is 16.3 Å². The van der Waals surface area contributed by atoms with Crippen molar-refractivity contribution in [2.75, 3.05) is 11.4 Å². The molecule has 168 valence electrons. The first kappa shape index (κ1) is 21.2. The molecule has 0 spiro atoms. The Kier molecular flexibility index (Phi) is 4.80. The summed E-state index contributed by atoms with van der Waals surface area (Å²) in [6.07, 6.45) is 2.59. The maximum Gasteiger partial charge on any atom is 0.288 e. The smallest absolute Gasteiger partial charge is 0.288 e. The van der Waals surface area contributed by atoms with Gasteiger partial charge in [-0.15, -0.1) is 0 Å². The molecule has 2 aromatic rings. The van der Waals surface area contributed by atoms with Gasteiger partial charge in [-0.2, -0.15) is 0 Å². The van der Waals surface area contributed by atoms with Crippen LogP contribution in [0.5, 0.6) is 0 Å².